The second-order valence-electron chi connectivity index (χ2n) is 11.8. The number of carboxylic acids is 1. The smallest absolute Gasteiger partial charge is 0.326 e. The Morgan fingerprint density at radius 2 is 1.30 bits per heavy atom. The number of hydrogen-bond donors (Lipinski definition) is 9. The Bertz CT molecular complexity index is 1020. The monoisotopic (exact) mass is 627 g/mol. The molecule has 0 radical (unpaired) electrons. The quantitative estimate of drug-likeness (QED) is 0.0399. The van der Waals surface area contributed by atoms with Gasteiger partial charge < -0.3 is 49.3 Å². The average molecular weight is 628 g/mol. The van der Waals surface area contributed by atoms with Crippen LogP contribution in [0.5, 0.6) is 0 Å². The summed E-state index contributed by atoms with van der Waals surface area (Å²) in [7, 11) is 0. The summed E-state index contributed by atoms with van der Waals surface area (Å²) < 4.78 is 0. The lowest BCUT2D eigenvalue weighted by molar-refractivity contribution is -0.143. The molecular formula is C28H53N9O7. The minimum atomic E-state index is -1.40. The second-order valence-corrected chi connectivity index (χ2v) is 11.8. The summed E-state index contributed by atoms with van der Waals surface area (Å²) in [6, 6.07) is -5.57. The number of aliphatic imine (C=N–C) groups is 1. The molecular weight excluding hydrogens is 574 g/mol. The molecule has 0 aliphatic carbocycles. The van der Waals surface area contributed by atoms with Gasteiger partial charge in [-0.25, -0.2) is 4.79 Å². The van der Waals surface area contributed by atoms with Crippen LogP contribution in [0.1, 0.15) is 80.1 Å². The molecule has 252 valence electrons. The Labute approximate surface area is 259 Å². The maximum atomic E-state index is 13.5. The molecule has 0 rings (SSSR count). The van der Waals surface area contributed by atoms with Gasteiger partial charge in [0.05, 0.1) is 6.04 Å². The minimum absolute atomic E-state index is 0.118. The molecule has 0 saturated carbocycles. The van der Waals surface area contributed by atoms with Crippen molar-refractivity contribution in [3.8, 4) is 0 Å². The summed E-state index contributed by atoms with van der Waals surface area (Å²) in [6.45, 7) is 10.9. The zero-order valence-corrected chi connectivity index (χ0v) is 26.7. The fraction of sp³-hybridized carbons (Fsp3) is 0.750. The third kappa shape index (κ3) is 15.5. The number of nitrogens with zero attached hydrogens (tertiary/aromatic N) is 1. The van der Waals surface area contributed by atoms with E-state index in [2.05, 4.69) is 26.3 Å². The van der Waals surface area contributed by atoms with E-state index in [0.717, 1.165) is 0 Å². The molecule has 0 unspecified atom stereocenters. The lowest BCUT2D eigenvalue weighted by atomic mass is 9.95. The molecule has 0 aliphatic rings. The molecule has 16 nitrogen and oxygen atoms in total. The lowest BCUT2D eigenvalue weighted by Crippen LogP contribution is -2.60. The Balaban J connectivity index is 5.90. The molecule has 0 spiro atoms. The van der Waals surface area contributed by atoms with E-state index in [9.17, 15) is 33.9 Å². The van der Waals surface area contributed by atoms with Gasteiger partial charge in [0.1, 0.15) is 24.2 Å². The number of guanidine groups is 1. The fourth-order valence-corrected chi connectivity index (χ4v) is 4.21. The van der Waals surface area contributed by atoms with Crippen molar-refractivity contribution in [3.63, 3.8) is 0 Å². The summed E-state index contributed by atoms with van der Waals surface area (Å²) in [5, 5.41) is 19.8. The number of nitrogens with one attached hydrogen (secondary N) is 4. The van der Waals surface area contributed by atoms with Crippen molar-refractivity contribution in [2.24, 2.45) is 45.7 Å². The van der Waals surface area contributed by atoms with Crippen LogP contribution in [0.25, 0.3) is 0 Å². The van der Waals surface area contributed by atoms with Crippen molar-refractivity contribution in [3.05, 3.63) is 0 Å². The molecule has 6 atom stereocenters. The number of primary amides is 1. The highest BCUT2D eigenvalue weighted by molar-refractivity contribution is 5.95. The normalized spacial score (nSPS) is 15.2. The van der Waals surface area contributed by atoms with E-state index in [1.165, 1.54) is 0 Å². The van der Waals surface area contributed by atoms with Crippen LogP contribution in [-0.4, -0.2) is 83.3 Å². The first-order valence-electron chi connectivity index (χ1n) is 14.9. The first-order chi connectivity index (χ1) is 20.4. The van der Waals surface area contributed by atoms with Crippen LogP contribution < -0.4 is 44.2 Å². The number of amides is 5. The topological polar surface area (TPSA) is 287 Å². The highest BCUT2D eigenvalue weighted by Gasteiger charge is 2.34. The van der Waals surface area contributed by atoms with E-state index in [1.54, 1.807) is 27.7 Å². The number of carboxylic acid groups (broad SMARTS) is 1. The summed E-state index contributed by atoms with van der Waals surface area (Å²) in [4.78, 5) is 79.5. The molecule has 0 fully saturated rings. The Kier molecular flexibility index (Phi) is 18.3. The number of aliphatic carboxylic acids is 1. The van der Waals surface area contributed by atoms with Crippen molar-refractivity contribution in [1.82, 2.24) is 21.3 Å². The van der Waals surface area contributed by atoms with Crippen LogP contribution in [0.15, 0.2) is 4.99 Å². The highest BCUT2D eigenvalue weighted by Crippen LogP contribution is 2.12. The third-order valence-electron chi connectivity index (χ3n) is 6.97. The van der Waals surface area contributed by atoms with E-state index in [4.69, 9.17) is 22.9 Å². The summed E-state index contributed by atoms with van der Waals surface area (Å²) >= 11 is 0. The highest BCUT2D eigenvalue weighted by atomic mass is 16.4. The number of carbonyl (C=O) groups excluding carboxylic acids is 5. The van der Waals surface area contributed by atoms with Gasteiger partial charge in [0, 0.05) is 13.0 Å². The van der Waals surface area contributed by atoms with Gasteiger partial charge in [0.2, 0.25) is 29.5 Å². The fourth-order valence-electron chi connectivity index (χ4n) is 4.21. The predicted molar refractivity (Wildman–Crippen MR) is 165 cm³/mol. The Morgan fingerprint density at radius 3 is 1.77 bits per heavy atom. The summed E-state index contributed by atoms with van der Waals surface area (Å²) in [6.07, 6.45) is 0.858. The minimum Gasteiger partial charge on any atom is -0.480 e. The number of nitrogens with two attached hydrogens (primary N) is 4. The Hall–Kier alpha value is -3.95. The van der Waals surface area contributed by atoms with Gasteiger partial charge >= 0.3 is 5.97 Å². The molecule has 44 heavy (non-hydrogen) atoms. The van der Waals surface area contributed by atoms with Gasteiger partial charge in [-0.15, -0.1) is 0 Å². The molecule has 0 aromatic heterocycles. The standard InChI is InChI=1S/C28H53N9O7/c1-7-16(6)22(26(42)35-19(27(43)44)10-11-20(30)38)37-25(41)21(15(4)5)36-24(40)18(9-8-12-33-28(31)32)34-23(39)17(29)13-14(2)3/h14-19,21-22H,7-13,29H2,1-6H3,(H2,30,38)(H,34,39)(H,35,42)(H,36,40)(H,37,41)(H,43,44)(H4,31,32,33)/t16-,17-,18-,19-,21-,22-/m0/s1. The third-order valence-corrected chi connectivity index (χ3v) is 6.97. The van der Waals surface area contributed by atoms with Crippen molar-refractivity contribution in [2.75, 3.05) is 6.54 Å². The maximum Gasteiger partial charge on any atom is 0.326 e. The molecule has 0 bridgehead atoms. The molecule has 0 heterocycles. The van der Waals surface area contributed by atoms with Gasteiger partial charge in [-0.05, 0) is 43.4 Å². The van der Waals surface area contributed by atoms with Crippen molar-refractivity contribution in [1.29, 1.82) is 0 Å². The molecule has 0 aliphatic heterocycles. The number of carbonyl (C=O) groups is 6. The average Bonchev–Trinajstić information content (AvgIpc) is 2.92. The molecule has 0 aromatic carbocycles. The van der Waals surface area contributed by atoms with Gasteiger partial charge in [-0.2, -0.15) is 0 Å². The van der Waals surface area contributed by atoms with E-state index >= 15 is 0 Å². The molecule has 5 amide bonds. The van der Waals surface area contributed by atoms with Gasteiger partial charge in [-0.1, -0.05) is 48.0 Å². The van der Waals surface area contributed by atoms with Crippen LogP contribution in [0, 0.1) is 17.8 Å². The van der Waals surface area contributed by atoms with Crippen molar-refractivity contribution in [2.45, 2.75) is 110 Å². The SMILES string of the molecule is CC[C@H](C)[C@H](NC(=O)[C@@H](NC(=O)[C@H](CCCN=C(N)N)NC(=O)[C@@H](N)CC(C)C)C(C)C)C(=O)N[C@@H](CCC(N)=O)C(=O)O. The van der Waals surface area contributed by atoms with Gasteiger partial charge in [0.25, 0.3) is 0 Å². The van der Waals surface area contributed by atoms with Crippen molar-refractivity contribution < 1.29 is 33.9 Å². The van der Waals surface area contributed by atoms with Crippen LogP contribution in [-0.2, 0) is 28.8 Å². The van der Waals surface area contributed by atoms with Crippen LogP contribution in [0.2, 0.25) is 0 Å². The first-order valence-corrected chi connectivity index (χ1v) is 14.9. The maximum absolute atomic E-state index is 13.5. The predicted octanol–water partition coefficient (Wildman–Crippen LogP) is -1.60. The zero-order valence-electron chi connectivity index (χ0n) is 26.7. The lowest BCUT2D eigenvalue weighted by Gasteiger charge is -2.30. The molecule has 0 saturated heterocycles. The second kappa shape index (κ2) is 20.1. The van der Waals surface area contributed by atoms with E-state index < -0.39 is 77.6 Å². The first kappa shape index (κ1) is 40.1. The number of hydrogen-bond acceptors (Lipinski definition) is 8. The van der Waals surface area contributed by atoms with Gasteiger partial charge in [0.15, 0.2) is 5.96 Å². The van der Waals surface area contributed by atoms with E-state index in [0.29, 0.717) is 19.3 Å². The molecule has 0 aromatic rings. The molecule has 16 heteroatoms. The Morgan fingerprint density at radius 1 is 0.750 bits per heavy atom. The summed E-state index contributed by atoms with van der Waals surface area (Å²) in [5.74, 6) is -5.53. The van der Waals surface area contributed by atoms with Crippen LogP contribution >= 0.6 is 0 Å². The van der Waals surface area contributed by atoms with E-state index in [-0.39, 0.29) is 37.7 Å². The summed E-state index contributed by atoms with van der Waals surface area (Å²) in [5.41, 5.74) is 21.9. The largest absolute Gasteiger partial charge is 0.480 e. The van der Waals surface area contributed by atoms with Crippen molar-refractivity contribution >= 4 is 41.5 Å². The molecule has 13 N–H and O–H groups in total. The van der Waals surface area contributed by atoms with Crippen LogP contribution in [0.3, 0.4) is 0 Å². The zero-order chi connectivity index (χ0) is 34.1. The van der Waals surface area contributed by atoms with Gasteiger partial charge in [-0.3, -0.25) is 29.0 Å². The number of rotatable bonds is 21. The van der Waals surface area contributed by atoms with E-state index in [1.807, 2.05) is 13.8 Å². The van der Waals surface area contributed by atoms with Crippen LogP contribution in [0.4, 0.5) is 0 Å².